The van der Waals surface area contributed by atoms with Crippen LogP contribution >= 0.6 is 0 Å². The van der Waals surface area contributed by atoms with Crippen LogP contribution in [-0.4, -0.2) is 49.3 Å². The predicted molar refractivity (Wildman–Crippen MR) is 78.0 cm³/mol. The van der Waals surface area contributed by atoms with Crippen molar-refractivity contribution < 1.29 is 4.74 Å². The van der Waals surface area contributed by atoms with Crippen molar-refractivity contribution in [1.29, 1.82) is 0 Å². The molecule has 0 saturated carbocycles. The summed E-state index contributed by atoms with van der Waals surface area (Å²) in [6.07, 6.45) is 2.88. The summed E-state index contributed by atoms with van der Waals surface area (Å²) in [5.74, 6) is 0.687. The van der Waals surface area contributed by atoms with E-state index in [1.165, 1.54) is 12.8 Å². The second-order valence-electron chi connectivity index (χ2n) is 5.85. The maximum atomic E-state index is 6.04. The van der Waals surface area contributed by atoms with E-state index in [0.29, 0.717) is 24.1 Å². The van der Waals surface area contributed by atoms with E-state index in [-0.39, 0.29) is 0 Å². The average molecular weight is 256 g/mol. The summed E-state index contributed by atoms with van der Waals surface area (Å²) in [6, 6.07) is 1.12. The molecule has 0 aromatic rings. The number of likely N-dealkylation sites (N-methyl/N-ethyl adjacent to an activating group) is 1. The first-order chi connectivity index (χ1) is 8.60. The molecule has 0 radical (unpaired) electrons. The molecule has 0 amide bonds. The normalized spacial score (nSPS) is 25.3. The monoisotopic (exact) mass is 256 g/mol. The molecule has 0 aromatic carbocycles. The first kappa shape index (κ1) is 15.9. The first-order valence-electron chi connectivity index (χ1n) is 7.69. The number of nitrogens with zero attached hydrogens (tertiary/aromatic N) is 1. The molecule has 0 bridgehead atoms. The fourth-order valence-corrected chi connectivity index (χ4v) is 2.95. The van der Waals surface area contributed by atoms with Gasteiger partial charge in [-0.2, -0.15) is 0 Å². The summed E-state index contributed by atoms with van der Waals surface area (Å²) >= 11 is 0. The standard InChI is InChI=1S/C15H32N2O/c1-6-8-13(5)15(16-7-2)14-11-17(12(3)4)9-10-18-14/h12-16H,6-11H2,1-5H3. The van der Waals surface area contributed by atoms with Crippen LogP contribution in [0.15, 0.2) is 0 Å². The molecule has 18 heavy (non-hydrogen) atoms. The highest BCUT2D eigenvalue weighted by molar-refractivity contribution is 4.87. The second kappa shape index (κ2) is 8.13. The number of hydrogen-bond donors (Lipinski definition) is 1. The molecule has 0 aromatic heterocycles. The second-order valence-corrected chi connectivity index (χ2v) is 5.85. The summed E-state index contributed by atoms with van der Waals surface area (Å²) in [5.41, 5.74) is 0. The summed E-state index contributed by atoms with van der Waals surface area (Å²) in [5, 5.41) is 3.64. The number of rotatable bonds is 7. The minimum absolute atomic E-state index is 0.350. The number of nitrogens with one attached hydrogen (secondary N) is 1. The van der Waals surface area contributed by atoms with Gasteiger partial charge in [0.15, 0.2) is 0 Å². The Labute approximate surface area is 113 Å². The lowest BCUT2D eigenvalue weighted by Crippen LogP contribution is -2.55. The molecule has 1 rings (SSSR count). The third-order valence-corrected chi connectivity index (χ3v) is 4.05. The van der Waals surface area contributed by atoms with Crippen molar-refractivity contribution in [2.75, 3.05) is 26.2 Å². The average Bonchev–Trinajstić information content (AvgIpc) is 2.36. The molecule has 3 heteroatoms. The van der Waals surface area contributed by atoms with Crippen molar-refractivity contribution in [3.8, 4) is 0 Å². The lowest BCUT2D eigenvalue weighted by molar-refractivity contribution is -0.0638. The Hall–Kier alpha value is -0.120. The molecule has 0 spiro atoms. The van der Waals surface area contributed by atoms with Crippen LogP contribution < -0.4 is 5.32 Å². The van der Waals surface area contributed by atoms with E-state index in [2.05, 4.69) is 44.8 Å². The Morgan fingerprint density at radius 3 is 2.56 bits per heavy atom. The summed E-state index contributed by atoms with van der Waals surface area (Å²) in [6.45, 7) is 15.4. The van der Waals surface area contributed by atoms with Crippen molar-refractivity contribution in [1.82, 2.24) is 10.2 Å². The predicted octanol–water partition coefficient (Wildman–Crippen LogP) is 2.51. The molecule has 108 valence electrons. The molecule has 3 unspecified atom stereocenters. The maximum absolute atomic E-state index is 6.04. The van der Waals surface area contributed by atoms with Gasteiger partial charge in [0.05, 0.1) is 12.7 Å². The van der Waals surface area contributed by atoms with Gasteiger partial charge >= 0.3 is 0 Å². The summed E-state index contributed by atoms with van der Waals surface area (Å²) in [4.78, 5) is 2.54. The SMILES string of the molecule is CCCC(C)C(NCC)C1CN(C(C)C)CCO1. The van der Waals surface area contributed by atoms with Crippen molar-refractivity contribution in [2.45, 2.75) is 65.6 Å². The Morgan fingerprint density at radius 2 is 2.00 bits per heavy atom. The zero-order chi connectivity index (χ0) is 13.5. The maximum Gasteiger partial charge on any atom is 0.0857 e. The van der Waals surface area contributed by atoms with E-state index < -0.39 is 0 Å². The largest absolute Gasteiger partial charge is 0.374 e. The van der Waals surface area contributed by atoms with Crippen molar-refractivity contribution in [2.24, 2.45) is 5.92 Å². The van der Waals surface area contributed by atoms with Gasteiger partial charge in [0.2, 0.25) is 0 Å². The molecule has 3 nitrogen and oxygen atoms in total. The molecule has 1 heterocycles. The minimum atomic E-state index is 0.350. The topological polar surface area (TPSA) is 24.5 Å². The fraction of sp³-hybridized carbons (Fsp3) is 1.00. The highest BCUT2D eigenvalue weighted by Crippen LogP contribution is 2.20. The van der Waals surface area contributed by atoms with Gasteiger partial charge in [-0.1, -0.05) is 27.2 Å². The highest BCUT2D eigenvalue weighted by atomic mass is 16.5. The molecule has 0 aliphatic carbocycles. The van der Waals surface area contributed by atoms with Crippen LogP contribution in [0.4, 0.5) is 0 Å². The van der Waals surface area contributed by atoms with Crippen LogP contribution in [0, 0.1) is 5.92 Å². The van der Waals surface area contributed by atoms with Gasteiger partial charge in [0.25, 0.3) is 0 Å². The Kier molecular flexibility index (Phi) is 7.20. The van der Waals surface area contributed by atoms with Crippen LogP contribution in [-0.2, 0) is 4.74 Å². The molecular weight excluding hydrogens is 224 g/mol. The van der Waals surface area contributed by atoms with E-state index in [1.54, 1.807) is 0 Å². The smallest absolute Gasteiger partial charge is 0.0857 e. The first-order valence-corrected chi connectivity index (χ1v) is 7.69. The van der Waals surface area contributed by atoms with Crippen LogP contribution in [0.2, 0.25) is 0 Å². The van der Waals surface area contributed by atoms with Crippen LogP contribution in [0.1, 0.15) is 47.5 Å². The molecular formula is C15H32N2O. The molecule has 1 N–H and O–H groups in total. The highest BCUT2D eigenvalue weighted by Gasteiger charge is 2.31. The van der Waals surface area contributed by atoms with E-state index >= 15 is 0 Å². The van der Waals surface area contributed by atoms with Gasteiger partial charge in [-0.25, -0.2) is 0 Å². The van der Waals surface area contributed by atoms with Crippen molar-refractivity contribution >= 4 is 0 Å². The molecule has 1 aliphatic rings. The third kappa shape index (κ3) is 4.52. The van der Waals surface area contributed by atoms with Gasteiger partial charge in [0.1, 0.15) is 0 Å². The minimum Gasteiger partial charge on any atom is -0.374 e. The van der Waals surface area contributed by atoms with E-state index in [1.807, 2.05) is 0 Å². The number of ether oxygens (including phenoxy) is 1. The lowest BCUT2D eigenvalue weighted by atomic mass is 9.91. The van der Waals surface area contributed by atoms with E-state index in [4.69, 9.17) is 4.74 Å². The Bertz CT molecular complexity index is 221. The van der Waals surface area contributed by atoms with Gasteiger partial charge in [-0.3, -0.25) is 4.90 Å². The molecule has 3 atom stereocenters. The fourth-order valence-electron chi connectivity index (χ4n) is 2.95. The van der Waals surface area contributed by atoms with Crippen molar-refractivity contribution in [3.63, 3.8) is 0 Å². The van der Waals surface area contributed by atoms with Crippen molar-refractivity contribution in [3.05, 3.63) is 0 Å². The quantitative estimate of drug-likeness (QED) is 0.757. The van der Waals surface area contributed by atoms with Gasteiger partial charge in [-0.15, -0.1) is 0 Å². The number of hydrogen-bond acceptors (Lipinski definition) is 3. The van der Waals surface area contributed by atoms with Crippen LogP contribution in [0.25, 0.3) is 0 Å². The van der Waals surface area contributed by atoms with E-state index in [0.717, 1.165) is 26.2 Å². The molecule has 1 saturated heterocycles. The van der Waals surface area contributed by atoms with Crippen LogP contribution in [0.3, 0.4) is 0 Å². The van der Waals surface area contributed by atoms with Crippen LogP contribution in [0.5, 0.6) is 0 Å². The Balaban J connectivity index is 2.60. The summed E-state index contributed by atoms with van der Waals surface area (Å²) < 4.78 is 6.04. The van der Waals surface area contributed by atoms with Gasteiger partial charge in [-0.05, 0) is 32.7 Å². The third-order valence-electron chi connectivity index (χ3n) is 4.05. The summed E-state index contributed by atoms with van der Waals surface area (Å²) in [7, 11) is 0. The van der Waals surface area contributed by atoms with Gasteiger partial charge < -0.3 is 10.1 Å². The van der Waals surface area contributed by atoms with E-state index in [9.17, 15) is 0 Å². The zero-order valence-corrected chi connectivity index (χ0v) is 12.9. The number of morpholine rings is 1. The Morgan fingerprint density at radius 1 is 1.28 bits per heavy atom. The zero-order valence-electron chi connectivity index (χ0n) is 12.9. The molecule has 1 fully saturated rings. The lowest BCUT2D eigenvalue weighted by Gasteiger charge is -2.41. The molecule has 1 aliphatic heterocycles. The van der Waals surface area contributed by atoms with Gasteiger partial charge in [0, 0.05) is 25.2 Å².